The molecule has 0 saturated carbocycles. The average molecular weight is 278 g/mol. The van der Waals surface area contributed by atoms with E-state index in [1.807, 2.05) is 0 Å². The number of methoxy groups -OCH3 is 2. The number of ether oxygens (including phenoxy) is 2. The molecule has 0 aromatic heterocycles. The van der Waals surface area contributed by atoms with E-state index >= 15 is 0 Å². The second kappa shape index (κ2) is 5.84. The van der Waals surface area contributed by atoms with Crippen LogP contribution in [0.2, 0.25) is 0 Å². The number of fused-ring (bicyclic) bond motifs is 1. The van der Waals surface area contributed by atoms with Crippen molar-refractivity contribution in [3.63, 3.8) is 0 Å². The van der Waals surface area contributed by atoms with Crippen molar-refractivity contribution in [1.29, 1.82) is 0 Å². The molecule has 0 unspecified atom stereocenters. The topological polar surface area (TPSA) is 38.7 Å². The van der Waals surface area contributed by atoms with Crippen LogP contribution in [0.3, 0.4) is 0 Å². The first-order chi connectivity index (χ1) is 9.48. The van der Waals surface area contributed by atoms with Gasteiger partial charge in [0.2, 0.25) is 0 Å². The summed E-state index contributed by atoms with van der Waals surface area (Å²) in [6, 6.07) is 2.24. The fraction of sp³-hybridized carbons (Fsp3) is 0.647. The van der Waals surface area contributed by atoms with Gasteiger partial charge in [-0.05, 0) is 54.5 Å². The summed E-state index contributed by atoms with van der Waals surface area (Å²) in [7, 11) is 3.47. The van der Waals surface area contributed by atoms with E-state index in [0.29, 0.717) is 0 Å². The maximum absolute atomic E-state index is 9.77. The molecule has 1 aromatic rings. The Kier molecular flexibility index (Phi) is 4.52. The van der Waals surface area contributed by atoms with Gasteiger partial charge in [0, 0.05) is 19.6 Å². The molecule has 3 heteroatoms. The molecule has 1 aliphatic rings. The van der Waals surface area contributed by atoms with Crippen LogP contribution in [0.15, 0.2) is 6.07 Å². The number of aliphatic hydroxyl groups is 1. The monoisotopic (exact) mass is 278 g/mol. The highest BCUT2D eigenvalue weighted by molar-refractivity contribution is 5.50. The Bertz CT molecular complexity index is 495. The summed E-state index contributed by atoms with van der Waals surface area (Å²) in [5.74, 6) is 0. The molecule has 20 heavy (non-hydrogen) atoms. The highest BCUT2D eigenvalue weighted by atomic mass is 16.5. The lowest BCUT2D eigenvalue weighted by Crippen LogP contribution is -2.27. The molecule has 1 aromatic carbocycles. The molecule has 1 N–H and O–H groups in total. The van der Waals surface area contributed by atoms with E-state index in [4.69, 9.17) is 9.47 Å². The molecule has 112 valence electrons. The van der Waals surface area contributed by atoms with Gasteiger partial charge in [-0.1, -0.05) is 13.0 Å². The third-order valence-electron chi connectivity index (χ3n) is 4.75. The van der Waals surface area contributed by atoms with Crippen LogP contribution in [-0.2, 0) is 22.3 Å². The van der Waals surface area contributed by atoms with Gasteiger partial charge in [-0.25, -0.2) is 0 Å². The number of aliphatic hydroxyl groups excluding tert-OH is 1. The highest BCUT2D eigenvalue weighted by Gasteiger charge is 2.43. The Morgan fingerprint density at radius 2 is 2.05 bits per heavy atom. The first-order valence-corrected chi connectivity index (χ1v) is 7.23. The molecule has 0 aliphatic heterocycles. The van der Waals surface area contributed by atoms with Crippen molar-refractivity contribution >= 4 is 0 Å². The standard InChI is InChI=1S/C17H26O3/c1-11-8-14-15(12(2)13(11)6-7-19-4)9-17(3,10-18)16(14)20-5/h8,16,18H,6-7,9-10H2,1-5H3/t16-,17+/m1/s1. The molecule has 0 bridgehead atoms. The van der Waals surface area contributed by atoms with Crippen LogP contribution < -0.4 is 0 Å². The zero-order valence-corrected chi connectivity index (χ0v) is 13.2. The zero-order chi connectivity index (χ0) is 14.9. The third-order valence-corrected chi connectivity index (χ3v) is 4.75. The largest absolute Gasteiger partial charge is 0.396 e. The van der Waals surface area contributed by atoms with E-state index in [1.165, 1.54) is 27.8 Å². The summed E-state index contributed by atoms with van der Waals surface area (Å²) in [4.78, 5) is 0. The van der Waals surface area contributed by atoms with E-state index in [2.05, 4.69) is 26.8 Å². The molecule has 2 rings (SSSR count). The molecule has 0 amide bonds. The van der Waals surface area contributed by atoms with Crippen molar-refractivity contribution < 1.29 is 14.6 Å². The highest BCUT2D eigenvalue weighted by Crippen LogP contribution is 2.49. The van der Waals surface area contributed by atoms with Gasteiger partial charge in [-0.2, -0.15) is 0 Å². The second-order valence-electron chi connectivity index (χ2n) is 6.21. The molecule has 3 nitrogen and oxygen atoms in total. The van der Waals surface area contributed by atoms with E-state index in [1.54, 1.807) is 14.2 Å². The first-order valence-electron chi connectivity index (χ1n) is 7.23. The Morgan fingerprint density at radius 3 is 2.60 bits per heavy atom. The molecular weight excluding hydrogens is 252 g/mol. The third kappa shape index (κ3) is 2.39. The quantitative estimate of drug-likeness (QED) is 0.900. The normalized spacial score (nSPS) is 25.0. The van der Waals surface area contributed by atoms with Crippen molar-refractivity contribution in [2.45, 2.75) is 39.7 Å². The molecular formula is C17H26O3. The van der Waals surface area contributed by atoms with Gasteiger partial charge in [0.1, 0.15) is 0 Å². The summed E-state index contributed by atoms with van der Waals surface area (Å²) in [5.41, 5.74) is 6.40. The van der Waals surface area contributed by atoms with Crippen LogP contribution in [0.1, 0.15) is 40.8 Å². The van der Waals surface area contributed by atoms with Crippen LogP contribution >= 0.6 is 0 Å². The Labute approximate surface area is 121 Å². The Balaban J connectivity index is 2.48. The van der Waals surface area contributed by atoms with Crippen molar-refractivity contribution in [3.05, 3.63) is 33.9 Å². The van der Waals surface area contributed by atoms with E-state index in [9.17, 15) is 5.11 Å². The van der Waals surface area contributed by atoms with E-state index in [-0.39, 0.29) is 18.1 Å². The summed E-state index contributed by atoms with van der Waals surface area (Å²) in [6.07, 6.45) is 1.80. The summed E-state index contributed by atoms with van der Waals surface area (Å²) < 4.78 is 10.9. The molecule has 0 radical (unpaired) electrons. The fourth-order valence-electron chi connectivity index (χ4n) is 3.58. The number of hydrogen-bond donors (Lipinski definition) is 1. The van der Waals surface area contributed by atoms with E-state index < -0.39 is 0 Å². The van der Waals surface area contributed by atoms with Crippen LogP contribution in [-0.4, -0.2) is 32.5 Å². The lowest BCUT2D eigenvalue weighted by atomic mass is 9.85. The first kappa shape index (κ1) is 15.5. The van der Waals surface area contributed by atoms with Gasteiger partial charge in [-0.3, -0.25) is 0 Å². The van der Waals surface area contributed by atoms with Gasteiger partial charge < -0.3 is 14.6 Å². The SMILES string of the molecule is COCCc1c(C)cc2c(c1C)C[C@@](C)(CO)[C@@H]2OC. The van der Waals surface area contributed by atoms with E-state index in [0.717, 1.165) is 19.4 Å². The van der Waals surface area contributed by atoms with Crippen molar-refractivity contribution in [3.8, 4) is 0 Å². The van der Waals surface area contributed by atoms with Gasteiger partial charge in [0.25, 0.3) is 0 Å². The lowest BCUT2D eigenvalue weighted by Gasteiger charge is -2.28. The lowest BCUT2D eigenvalue weighted by molar-refractivity contribution is -0.0234. The van der Waals surface area contributed by atoms with Gasteiger partial charge >= 0.3 is 0 Å². The summed E-state index contributed by atoms with van der Waals surface area (Å²) in [5, 5.41) is 9.77. The maximum atomic E-state index is 9.77. The second-order valence-corrected chi connectivity index (χ2v) is 6.21. The molecule has 0 saturated heterocycles. The molecule has 0 heterocycles. The number of aryl methyl sites for hydroxylation is 1. The van der Waals surface area contributed by atoms with Crippen LogP contribution in [0.25, 0.3) is 0 Å². The summed E-state index contributed by atoms with van der Waals surface area (Å²) >= 11 is 0. The van der Waals surface area contributed by atoms with Gasteiger partial charge in [0.15, 0.2) is 0 Å². The predicted molar refractivity (Wildman–Crippen MR) is 80.1 cm³/mol. The molecule has 1 aliphatic carbocycles. The van der Waals surface area contributed by atoms with Crippen LogP contribution in [0.4, 0.5) is 0 Å². The molecule has 2 atom stereocenters. The number of hydrogen-bond acceptors (Lipinski definition) is 3. The predicted octanol–water partition coefficient (Wildman–Crippen LogP) is 2.73. The van der Waals surface area contributed by atoms with Crippen molar-refractivity contribution in [2.24, 2.45) is 5.41 Å². The smallest absolute Gasteiger partial charge is 0.0902 e. The Hall–Kier alpha value is -0.900. The van der Waals surface area contributed by atoms with Crippen LogP contribution in [0.5, 0.6) is 0 Å². The molecule has 0 fully saturated rings. The van der Waals surface area contributed by atoms with Crippen LogP contribution in [0, 0.1) is 19.3 Å². The maximum Gasteiger partial charge on any atom is 0.0902 e. The Morgan fingerprint density at radius 1 is 1.35 bits per heavy atom. The molecule has 0 spiro atoms. The zero-order valence-electron chi connectivity index (χ0n) is 13.2. The van der Waals surface area contributed by atoms with Gasteiger partial charge in [0.05, 0.1) is 19.3 Å². The number of benzene rings is 1. The minimum atomic E-state index is -0.214. The van der Waals surface area contributed by atoms with Gasteiger partial charge in [-0.15, -0.1) is 0 Å². The minimum absolute atomic E-state index is 0.0172. The van der Waals surface area contributed by atoms with Crippen molar-refractivity contribution in [1.82, 2.24) is 0 Å². The minimum Gasteiger partial charge on any atom is -0.396 e. The van der Waals surface area contributed by atoms with Crippen molar-refractivity contribution in [2.75, 3.05) is 27.4 Å². The summed E-state index contributed by atoms with van der Waals surface area (Å²) in [6.45, 7) is 7.33. The number of rotatable bonds is 5. The average Bonchev–Trinajstić information content (AvgIpc) is 2.71. The fourth-order valence-corrected chi connectivity index (χ4v) is 3.58.